The molecule has 10 nitrogen and oxygen atoms in total. The topological polar surface area (TPSA) is 128 Å². The zero-order chi connectivity index (χ0) is 29.6. The van der Waals surface area contributed by atoms with Gasteiger partial charge in [-0.1, -0.05) is 44.4 Å². The molecule has 3 amide bonds. The second kappa shape index (κ2) is 13.7. The van der Waals surface area contributed by atoms with Crippen LogP contribution in [0.4, 0.5) is 10.5 Å². The Kier molecular flexibility index (Phi) is 10.3. The Morgan fingerprint density at radius 1 is 1.15 bits per heavy atom. The van der Waals surface area contributed by atoms with Crippen molar-refractivity contribution in [3.8, 4) is 5.75 Å². The first-order valence-corrected chi connectivity index (χ1v) is 15.8. The molecule has 4 rings (SSSR count). The van der Waals surface area contributed by atoms with Crippen LogP contribution >= 0.6 is 0 Å². The maximum absolute atomic E-state index is 13.5. The summed E-state index contributed by atoms with van der Waals surface area (Å²) < 4.78 is 34.3. The molecule has 1 heterocycles. The molecule has 224 valence electrons. The van der Waals surface area contributed by atoms with Gasteiger partial charge < -0.3 is 25.4 Å². The average Bonchev–Trinajstić information content (AvgIpc) is 3.01. The number of urea groups is 1. The Morgan fingerprint density at radius 2 is 1.85 bits per heavy atom. The number of benzene rings is 2. The number of aliphatic hydroxyl groups excluding tert-OH is 1. The quantitative estimate of drug-likeness (QED) is 0.434. The Morgan fingerprint density at radius 3 is 2.54 bits per heavy atom. The molecule has 1 fully saturated rings. The fraction of sp³-hybridized carbons (Fsp3) is 0.533. The van der Waals surface area contributed by atoms with Crippen LogP contribution < -0.4 is 15.4 Å². The van der Waals surface area contributed by atoms with Crippen molar-refractivity contribution in [2.75, 3.05) is 32.1 Å². The molecular formula is C30H42N4O6S. The third-order valence-corrected chi connectivity index (χ3v) is 9.84. The lowest BCUT2D eigenvalue weighted by Gasteiger charge is -2.33. The van der Waals surface area contributed by atoms with Crippen LogP contribution in [-0.4, -0.2) is 79.6 Å². The zero-order valence-corrected chi connectivity index (χ0v) is 24.9. The molecule has 0 bridgehead atoms. The lowest BCUT2D eigenvalue weighted by Crippen LogP contribution is -2.48. The first kappa shape index (κ1) is 30.8. The van der Waals surface area contributed by atoms with Gasteiger partial charge in [-0.25, -0.2) is 13.2 Å². The van der Waals surface area contributed by atoms with Crippen LogP contribution in [0.5, 0.6) is 5.75 Å². The SMILES string of the molecule is C[C@@H]1CN([C@H](C)CO)C(=O)Cc2cc(NC(=O)NC3CCCCC3)ccc2O[C@H]1CN(C)S(=O)(=O)c1ccccc1. The van der Waals surface area contributed by atoms with E-state index in [2.05, 4.69) is 10.6 Å². The van der Waals surface area contributed by atoms with Crippen LogP contribution in [0, 0.1) is 5.92 Å². The maximum atomic E-state index is 13.5. The molecule has 2 aliphatic rings. The normalized spacial score (nSPS) is 21.2. The fourth-order valence-electron chi connectivity index (χ4n) is 5.45. The van der Waals surface area contributed by atoms with Gasteiger partial charge in [0, 0.05) is 36.8 Å². The number of likely N-dealkylation sites (N-methyl/N-ethyl adjacent to an activating group) is 1. The van der Waals surface area contributed by atoms with Gasteiger partial charge in [0.2, 0.25) is 15.9 Å². The first-order valence-electron chi connectivity index (χ1n) is 14.4. The van der Waals surface area contributed by atoms with E-state index in [1.807, 2.05) is 6.92 Å². The summed E-state index contributed by atoms with van der Waals surface area (Å²) in [5.74, 6) is 0.0156. The smallest absolute Gasteiger partial charge is 0.319 e. The van der Waals surface area contributed by atoms with Crippen molar-refractivity contribution in [2.24, 2.45) is 5.92 Å². The number of fused-ring (bicyclic) bond motifs is 1. The molecule has 0 unspecified atom stereocenters. The predicted molar refractivity (Wildman–Crippen MR) is 157 cm³/mol. The summed E-state index contributed by atoms with van der Waals surface area (Å²) in [7, 11) is -2.25. The fourth-order valence-corrected chi connectivity index (χ4v) is 6.65. The predicted octanol–water partition coefficient (Wildman–Crippen LogP) is 3.61. The van der Waals surface area contributed by atoms with Gasteiger partial charge in [-0.3, -0.25) is 4.79 Å². The summed E-state index contributed by atoms with van der Waals surface area (Å²) in [4.78, 5) is 27.9. The Bertz CT molecular complexity index is 1300. The Balaban J connectivity index is 1.59. The third kappa shape index (κ3) is 7.78. The first-order chi connectivity index (χ1) is 19.6. The number of anilines is 1. The van der Waals surface area contributed by atoms with E-state index in [-0.39, 0.29) is 54.9 Å². The average molecular weight is 587 g/mol. The molecule has 0 saturated heterocycles. The molecule has 0 spiro atoms. The minimum absolute atomic E-state index is 0.0109. The largest absolute Gasteiger partial charge is 0.488 e. The number of hydrogen-bond donors (Lipinski definition) is 3. The molecule has 1 saturated carbocycles. The third-order valence-electron chi connectivity index (χ3n) is 8.00. The van der Waals surface area contributed by atoms with Crippen molar-refractivity contribution in [1.82, 2.24) is 14.5 Å². The van der Waals surface area contributed by atoms with E-state index in [9.17, 15) is 23.1 Å². The highest BCUT2D eigenvalue weighted by Crippen LogP contribution is 2.30. The van der Waals surface area contributed by atoms with E-state index >= 15 is 0 Å². The molecule has 41 heavy (non-hydrogen) atoms. The van der Waals surface area contributed by atoms with Gasteiger partial charge in [0.05, 0.1) is 30.5 Å². The summed E-state index contributed by atoms with van der Waals surface area (Å²) >= 11 is 0. The van der Waals surface area contributed by atoms with Gasteiger partial charge in [0.1, 0.15) is 11.9 Å². The number of amides is 3. The minimum atomic E-state index is -3.77. The Hall–Kier alpha value is -3.15. The molecule has 1 aliphatic heterocycles. The molecule has 2 aromatic rings. The maximum Gasteiger partial charge on any atom is 0.319 e. The van der Waals surface area contributed by atoms with Crippen LogP contribution in [0.2, 0.25) is 0 Å². The molecule has 0 radical (unpaired) electrons. The van der Waals surface area contributed by atoms with Crippen LogP contribution in [0.15, 0.2) is 53.4 Å². The van der Waals surface area contributed by atoms with E-state index in [0.29, 0.717) is 17.0 Å². The lowest BCUT2D eigenvalue weighted by molar-refractivity contribution is -0.134. The molecule has 2 aromatic carbocycles. The van der Waals surface area contributed by atoms with Crippen LogP contribution in [0.3, 0.4) is 0 Å². The van der Waals surface area contributed by atoms with E-state index in [0.717, 1.165) is 25.7 Å². The number of carbonyl (C=O) groups excluding carboxylic acids is 2. The van der Waals surface area contributed by atoms with E-state index in [1.165, 1.54) is 17.8 Å². The summed E-state index contributed by atoms with van der Waals surface area (Å²) in [6, 6.07) is 12.8. The number of nitrogens with zero attached hydrogens (tertiary/aromatic N) is 2. The molecule has 3 atom stereocenters. The van der Waals surface area contributed by atoms with Gasteiger partial charge in [0.15, 0.2) is 0 Å². The van der Waals surface area contributed by atoms with Crippen LogP contribution in [0.25, 0.3) is 0 Å². The second-order valence-electron chi connectivity index (χ2n) is 11.2. The Labute approximate surface area is 243 Å². The molecular weight excluding hydrogens is 544 g/mol. The van der Waals surface area contributed by atoms with Gasteiger partial charge in [-0.15, -0.1) is 0 Å². The highest BCUT2D eigenvalue weighted by molar-refractivity contribution is 7.89. The van der Waals surface area contributed by atoms with Crippen molar-refractivity contribution in [3.63, 3.8) is 0 Å². The summed E-state index contributed by atoms with van der Waals surface area (Å²) in [6.45, 7) is 3.82. The standard InChI is InChI=1S/C30H42N4O6S/c1-21-18-34(22(2)20-35)29(36)17-23-16-25(32-30(37)31-24-10-6-4-7-11-24)14-15-27(23)40-28(21)19-33(3)41(38,39)26-12-8-5-9-13-26/h5,8-9,12-16,21-22,24,28,35H,4,6-7,10-11,17-20H2,1-3H3,(H2,31,32,37)/t21-,22-,28+/m1/s1. The lowest BCUT2D eigenvalue weighted by atomic mass is 9.96. The van der Waals surface area contributed by atoms with Crippen molar-refractivity contribution < 1.29 is 27.9 Å². The van der Waals surface area contributed by atoms with E-state index in [4.69, 9.17) is 4.74 Å². The van der Waals surface area contributed by atoms with Gasteiger partial charge in [0.25, 0.3) is 0 Å². The van der Waals surface area contributed by atoms with Crippen molar-refractivity contribution in [3.05, 3.63) is 54.1 Å². The second-order valence-corrected chi connectivity index (χ2v) is 13.3. The monoisotopic (exact) mass is 586 g/mol. The summed E-state index contributed by atoms with van der Waals surface area (Å²) in [5, 5.41) is 15.8. The van der Waals surface area contributed by atoms with Crippen LogP contribution in [0.1, 0.15) is 51.5 Å². The number of hydrogen-bond acceptors (Lipinski definition) is 6. The van der Waals surface area contributed by atoms with Gasteiger partial charge in [-0.05, 0) is 50.1 Å². The number of sulfonamides is 1. The highest BCUT2D eigenvalue weighted by Gasteiger charge is 2.33. The van der Waals surface area contributed by atoms with Gasteiger partial charge >= 0.3 is 6.03 Å². The number of nitrogens with one attached hydrogen (secondary N) is 2. The molecule has 0 aromatic heterocycles. The summed E-state index contributed by atoms with van der Waals surface area (Å²) in [5.41, 5.74) is 1.11. The molecule has 3 N–H and O–H groups in total. The zero-order valence-electron chi connectivity index (χ0n) is 24.1. The van der Waals surface area contributed by atoms with Crippen molar-refractivity contribution in [1.29, 1.82) is 0 Å². The minimum Gasteiger partial charge on any atom is -0.488 e. The van der Waals surface area contributed by atoms with E-state index in [1.54, 1.807) is 60.4 Å². The van der Waals surface area contributed by atoms with Crippen LogP contribution in [-0.2, 0) is 21.2 Å². The molecule has 11 heteroatoms. The van der Waals surface area contributed by atoms with Gasteiger partial charge in [-0.2, -0.15) is 4.31 Å². The highest BCUT2D eigenvalue weighted by atomic mass is 32.2. The number of rotatable bonds is 8. The van der Waals surface area contributed by atoms with Crippen molar-refractivity contribution in [2.45, 2.75) is 75.5 Å². The van der Waals surface area contributed by atoms with E-state index < -0.39 is 22.2 Å². The number of aliphatic hydroxyl groups is 1. The molecule has 1 aliphatic carbocycles. The number of carbonyl (C=O) groups is 2. The number of ether oxygens (including phenoxy) is 1. The van der Waals surface area contributed by atoms with Crippen molar-refractivity contribution >= 4 is 27.6 Å². The summed E-state index contributed by atoms with van der Waals surface area (Å²) in [6.07, 6.45) is 4.75.